The summed E-state index contributed by atoms with van der Waals surface area (Å²) in [5.74, 6) is -0.218. The Hall–Kier alpha value is -2.93. The lowest BCUT2D eigenvalue weighted by atomic mass is 9.99. The second-order valence-electron chi connectivity index (χ2n) is 7.55. The number of benzene rings is 3. The fourth-order valence-corrected chi connectivity index (χ4v) is 5.19. The van der Waals surface area contributed by atoms with Gasteiger partial charge in [0, 0.05) is 25.2 Å². The molecule has 0 bridgehead atoms. The number of carbonyl (C=O) groups is 1. The zero-order chi connectivity index (χ0) is 22.6. The average Bonchev–Trinajstić information content (AvgIpc) is 2.84. The average molecular weight is 467 g/mol. The quantitative estimate of drug-likeness (QED) is 0.570. The number of nitrogens with one attached hydrogen (secondary N) is 1. The number of amides is 1. The highest BCUT2D eigenvalue weighted by molar-refractivity contribution is 7.89. The molecule has 4 rings (SSSR count). The molecule has 0 saturated carbocycles. The van der Waals surface area contributed by atoms with Gasteiger partial charge in [-0.2, -0.15) is 0 Å². The summed E-state index contributed by atoms with van der Waals surface area (Å²) in [5, 5.41) is 0.0759. The van der Waals surface area contributed by atoms with Crippen LogP contribution < -0.4 is 4.72 Å². The lowest BCUT2D eigenvalue weighted by Gasteiger charge is -2.27. The van der Waals surface area contributed by atoms with E-state index in [0.717, 1.165) is 17.5 Å². The molecule has 3 aromatic rings. The topological polar surface area (TPSA) is 66.5 Å². The molecule has 1 amide bonds. The summed E-state index contributed by atoms with van der Waals surface area (Å²) in [6.45, 7) is 1.17. The summed E-state index contributed by atoms with van der Waals surface area (Å²) in [4.78, 5) is 14.7. The van der Waals surface area contributed by atoms with Crippen molar-refractivity contribution in [1.29, 1.82) is 0 Å². The highest BCUT2D eigenvalue weighted by Gasteiger charge is 2.23. The van der Waals surface area contributed by atoms with Crippen LogP contribution in [0.5, 0.6) is 0 Å². The molecule has 0 atom stereocenters. The lowest BCUT2D eigenvalue weighted by Crippen LogP contribution is -2.34. The molecule has 7 heteroatoms. The molecule has 1 heterocycles. The van der Waals surface area contributed by atoms with Gasteiger partial charge in [-0.1, -0.05) is 78.3 Å². The Morgan fingerprint density at radius 1 is 0.969 bits per heavy atom. The third-order valence-electron chi connectivity index (χ3n) is 5.42. The highest BCUT2D eigenvalue weighted by Crippen LogP contribution is 2.26. The molecule has 5 nitrogen and oxygen atoms in total. The molecule has 0 radical (unpaired) electrons. The second kappa shape index (κ2) is 9.69. The largest absolute Gasteiger partial charge is 0.335 e. The maximum atomic E-state index is 13.1. The Kier molecular flexibility index (Phi) is 6.74. The van der Waals surface area contributed by atoms with E-state index in [9.17, 15) is 13.2 Å². The first-order valence-corrected chi connectivity index (χ1v) is 12.2. The lowest BCUT2D eigenvalue weighted by molar-refractivity contribution is 0.0772. The fourth-order valence-electron chi connectivity index (χ4n) is 3.64. The van der Waals surface area contributed by atoms with E-state index in [1.54, 1.807) is 11.0 Å². The molecule has 0 spiro atoms. The van der Waals surface area contributed by atoms with Gasteiger partial charge in [-0.3, -0.25) is 4.79 Å². The summed E-state index contributed by atoms with van der Waals surface area (Å²) in [5.41, 5.74) is 3.49. The normalized spacial score (nSPS) is 14.2. The van der Waals surface area contributed by atoms with Crippen LogP contribution in [-0.2, 0) is 16.6 Å². The van der Waals surface area contributed by atoms with Crippen molar-refractivity contribution in [2.75, 3.05) is 13.1 Å². The molecule has 0 unspecified atom stereocenters. The van der Waals surface area contributed by atoms with Crippen LogP contribution in [0.1, 0.15) is 27.9 Å². The number of carbonyl (C=O) groups excluding carboxylic acids is 1. The van der Waals surface area contributed by atoms with Crippen LogP contribution in [0.25, 0.3) is 5.57 Å². The smallest absolute Gasteiger partial charge is 0.254 e. The van der Waals surface area contributed by atoms with Crippen LogP contribution in [0.2, 0.25) is 5.02 Å². The third kappa shape index (κ3) is 5.10. The molecule has 1 aliphatic heterocycles. The summed E-state index contributed by atoms with van der Waals surface area (Å²) in [6, 6.07) is 23.7. The van der Waals surface area contributed by atoms with Crippen molar-refractivity contribution < 1.29 is 13.2 Å². The third-order valence-corrected chi connectivity index (χ3v) is 7.30. The summed E-state index contributed by atoms with van der Waals surface area (Å²) in [7, 11) is -3.89. The molecule has 0 aromatic heterocycles. The minimum Gasteiger partial charge on any atom is -0.335 e. The molecule has 0 saturated heterocycles. The van der Waals surface area contributed by atoms with Gasteiger partial charge in [-0.05, 0) is 41.3 Å². The van der Waals surface area contributed by atoms with Crippen molar-refractivity contribution in [1.82, 2.24) is 9.62 Å². The first-order chi connectivity index (χ1) is 15.4. The van der Waals surface area contributed by atoms with Gasteiger partial charge in [0.2, 0.25) is 10.0 Å². The van der Waals surface area contributed by atoms with E-state index < -0.39 is 10.0 Å². The van der Waals surface area contributed by atoms with E-state index in [1.807, 2.05) is 54.6 Å². The number of hydrogen-bond donors (Lipinski definition) is 1. The Morgan fingerprint density at radius 3 is 2.31 bits per heavy atom. The van der Waals surface area contributed by atoms with Gasteiger partial charge in [-0.25, -0.2) is 13.1 Å². The number of hydrogen-bond acceptors (Lipinski definition) is 3. The second-order valence-corrected chi connectivity index (χ2v) is 9.69. The van der Waals surface area contributed by atoms with E-state index in [0.29, 0.717) is 18.7 Å². The molecular formula is C25H23ClN2O3S. The van der Waals surface area contributed by atoms with E-state index in [1.165, 1.54) is 17.7 Å². The summed E-state index contributed by atoms with van der Waals surface area (Å²) in [6.07, 6.45) is 2.79. The Bertz CT molecular complexity index is 1240. The Balaban J connectivity index is 1.49. The molecule has 1 aliphatic rings. The van der Waals surface area contributed by atoms with Crippen molar-refractivity contribution in [3.8, 4) is 0 Å². The van der Waals surface area contributed by atoms with Crippen LogP contribution in [0.4, 0.5) is 0 Å². The van der Waals surface area contributed by atoms with Crippen LogP contribution in [0.15, 0.2) is 89.8 Å². The summed E-state index contributed by atoms with van der Waals surface area (Å²) >= 11 is 6.19. The first kappa shape index (κ1) is 22.3. The standard InChI is InChI=1S/C25H23ClN2O3S/c26-23-12-11-22(17-24(23)32(30,31)27-18-19-7-3-1-4-8-19)25(29)28-15-13-21(14-16-28)20-9-5-2-6-10-20/h1-13,17,27H,14-16,18H2. The van der Waals surface area contributed by atoms with Crippen molar-refractivity contribution in [3.63, 3.8) is 0 Å². The minimum atomic E-state index is -3.89. The number of sulfonamides is 1. The predicted molar refractivity (Wildman–Crippen MR) is 127 cm³/mol. The number of rotatable bonds is 6. The van der Waals surface area contributed by atoms with Crippen molar-refractivity contribution >= 4 is 33.1 Å². The molecule has 164 valence electrons. The molecule has 1 N–H and O–H groups in total. The van der Waals surface area contributed by atoms with Gasteiger partial charge >= 0.3 is 0 Å². The van der Waals surface area contributed by atoms with Gasteiger partial charge in [0.25, 0.3) is 5.91 Å². The number of halogens is 1. The molecule has 3 aromatic carbocycles. The number of nitrogens with zero attached hydrogens (tertiary/aromatic N) is 1. The van der Waals surface area contributed by atoms with Crippen molar-refractivity contribution in [2.24, 2.45) is 0 Å². The van der Waals surface area contributed by atoms with Gasteiger partial charge in [0.1, 0.15) is 4.90 Å². The maximum absolute atomic E-state index is 13.1. The minimum absolute atomic E-state index is 0.0759. The maximum Gasteiger partial charge on any atom is 0.254 e. The van der Waals surface area contributed by atoms with Gasteiger partial charge in [0.15, 0.2) is 0 Å². The summed E-state index contributed by atoms with van der Waals surface area (Å²) < 4.78 is 28.3. The fraction of sp³-hybridized carbons (Fsp3) is 0.160. The molecule has 0 fully saturated rings. The first-order valence-electron chi connectivity index (χ1n) is 10.3. The zero-order valence-corrected chi connectivity index (χ0v) is 18.9. The van der Waals surface area contributed by atoms with Crippen LogP contribution >= 0.6 is 11.6 Å². The van der Waals surface area contributed by atoms with E-state index in [-0.39, 0.29) is 22.4 Å². The Morgan fingerprint density at radius 2 is 1.66 bits per heavy atom. The van der Waals surface area contributed by atoms with Gasteiger partial charge in [0.05, 0.1) is 5.02 Å². The van der Waals surface area contributed by atoms with E-state index >= 15 is 0 Å². The zero-order valence-electron chi connectivity index (χ0n) is 17.4. The Labute approximate surface area is 193 Å². The predicted octanol–water partition coefficient (Wildman–Crippen LogP) is 4.75. The van der Waals surface area contributed by atoms with Crippen LogP contribution in [-0.4, -0.2) is 32.3 Å². The van der Waals surface area contributed by atoms with Crippen molar-refractivity contribution in [3.05, 3.63) is 107 Å². The van der Waals surface area contributed by atoms with Crippen LogP contribution in [0.3, 0.4) is 0 Å². The molecule has 32 heavy (non-hydrogen) atoms. The van der Waals surface area contributed by atoms with Crippen molar-refractivity contribution in [2.45, 2.75) is 17.9 Å². The van der Waals surface area contributed by atoms with Gasteiger partial charge < -0.3 is 4.90 Å². The monoisotopic (exact) mass is 466 g/mol. The van der Waals surface area contributed by atoms with Gasteiger partial charge in [-0.15, -0.1) is 0 Å². The highest BCUT2D eigenvalue weighted by atomic mass is 35.5. The SMILES string of the molecule is O=C(c1ccc(Cl)c(S(=O)(=O)NCc2ccccc2)c1)N1CC=C(c2ccccc2)CC1. The van der Waals surface area contributed by atoms with E-state index in [4.69, 9.17) is 11.6 Å². The van der Waals surface area contributed by atoms with Crippen LogP contribution in [0, 0.1) is 0 Å². The molecule has 0 aliphatic carbocycles. The van der Waals surface area contributed by atoms with E-state index in [2.05, 4.69) is 16.9 Å². The molecular weight excluding hydrogens is 444 g/mol.